The summed E-state index contributed by atoms with van der Waals surface area (Å²) in [5.74, 6) is 0.537. The first-order valence-electron chi connectivity index (χ1n) is 6.08. The number of hydrogen-bond acceptors (Lipinski definition) is 3. The van der Waals surface area contributed by atoms with Gasteiger partial charge in [-0.2, -0.15) is 0 Å². The topological polar surface area (TPSA) is 46.5 Å². The molecule has 0 spiro atoms. The molecule has 0 aliphatic rings. The minimum absolute atomic E-state index is 0.101. The summed E-state index contributed by atoms with van der Waals surface area (Å²) >= 11 is 0. The van der Waals surface area contributed by atoms with Crippen LogP contribution in [0.5, 0.6) is 11.5 Å². The lowest BCUT2D eigenvalue weighted by Gasteiger charge is -2.12. The number of unbranched alkanes of at least 4 members (excludes halogenated alkanes) is 3. The summed E-state index contributed by atoms with van der Waals surface area (Å²) < 4.78 is 5.17. The van der Waals surface area contributed by atoms with Crippen molar-refractivity contribution in [2.75, 3.05) is 7.11 Å². The van der Waals surface area contributed by atoms with E-state index in [4.69, 9.17) is 4.74 Å². The second kappa shape index (κ2) is 6.94. The number of rotatable bonds is 7. The Morgan fingerprint density at radius 3 is 2.65 bits per heavy atom. The summed E-state index contributed by atoms with van der Waals surface area (Å²) in [6, 6.07) is 3.14. The third-order valence-corrected chi connectivity index (χ3v) is 2.89. The summed E-state index contributed by atoms with van der Waals surface area (Å²) in [6.45, 7) is 2.16. The second-order valence-corrected chi connectivity index (χ2v) is 4.11. The molecule has 0 saturated carbocycles. The van der Waals surface area contributed by atoms with E-state index in [2.05, 4.69) is 6.92 Å². The molecule has 0 amide bonds. The molecule has 1 aromatic rings. The zero-order valence-corrected chi connectivity index (χ0v) is 10.5. The third kappa shape index (κ3) is 3.48. The minimum Gasteiger partial charge on any atom is -0.504 e. The Bertz CT molecular complexity index is 372. The van der Waals surface area contributed by atoms with E-state index in [1.54, 1.807) is 6.07 Å². The van der Waals surface area contributed by atoms with Crippen LogP contribution < -0.4 is 4.74 Å². The highest BCUT2D eigenvalue weighted by atomic mass is 16.5. The van der Waals surface area contributed by atoms with Crippen molar-refractivity contribution in [3.05, 3.63) is 23.3 Å². The van der Waals surface area contributed by atoms with Crippen molar-refractivity contribution in [1.82, 2.24) is 0 Å². The SMILES string of the molecule is CCCCCCc1c(C=O)ccc(O)c1OC. The van der Waals surface area contributed by atoms with E-state index in [-0.39, 0.29) is 5.75 Å². The van der Waals surface area contributed by atoms with Crippen LogP contribution in [0.1, 0.15) is 48.5 Å². The first kappa shape index (κ1) is 13.6. The molecule has 0 bridgehead atoms. The van der Waals surface area contributed by atoms with E-state index in [9.17, 15) is 9.90 Å². The maximum absolute atomic E-state index is 11.0. The molecule has 1 rings (SSSR count). The first-order valence-corrected chi connectivity index (χ1v) is 6.08. The molecule has 1 aromatic carbocycles. The van der Waals surface area contributed by atoms with Crippen molar-refractivity contribution < 1.29 is 14.6 Å². The molecule has 0 unspecified atom stereocenters. The number of hydrogen-bond donors (Lipinski definition) is 1. The highest BCUT2D eigenvalue weighted by molar-refractivity contribution is 5.79. The molecule has 17 heavy (non-hydrogen) atoms. The standard InChI is InChI=1S/C14H20O3/c1-3-4-5-6-7-12-11(10-15)8-9-13(16)14(12)17-2/h8-10,16H,3-7H2,1-2H3. The second-order valence-electron chi connectivity index (χ2n) is 4.11. The van der Waals surface area contributed by atoms with Gasteiger partial charge in [0.1, 0.15) is 6.29 Å². The van der Waals surface area contributed by atoms with E-state index in [0.29, 0.717) is 11.3 Å². The molecule has 0 aliphatic carbocycles. The van der Waals surface area contributed by atoms with E-state index in [1.807, 2.05) is 0 Å². The lowest BCUT2D eigenvalue weighted by atomic mass is 10.00. The predicted molar refractivity (Wildman–Crippen MR) is 67.9 cm³/mol. The molecular weight excluding hydrogens is 216 g/mol. The number of phenolic OH excluding ortho intramolecular Hbond substituents is 1. The normalized spacial score (nSPS) is 10.2. The van der Waals surface area contributed by atoms with Gasteiger partial charge in [-0.25, -0.2) is 0 Å². The van der Waals surface area contributed by atoms with Gasteiger partial charge in [-0.15, -0.1) is 0 Å². The molecule has 94 valence electrons. The number of aldehydes is 1. The third-order valence-electron chi connectivity index (χ3n) is 2.89. The highest BCUT2D eigenvalue weighted by Crippen LogP contribution is 2.33. The number of benzene rings is 1. The highest BCUT2D eigenvalue weighted by Gasteiger charge is 2.12. The van der Waals surface area contributed by atoms with Gasteiger partial charge in [-0.05, 0) is 25.0 Å². The molecule has 0 radical (unpaired) electrons. The van der Waals surface area contributed by atoms with Crippen LogP contribution in [0.3, 0.4) is 0 Å². The van der Waals surface area contributed by atoms with Crippen LogP contribution >= 0.6 is 0 Å². The Kier molecular flexibility index (Phi) is 5.53. The van der Waals surface area contributed by atoms with E-state index in [1.165, 1.54) is 26.0 Å². The smallest absolute Gasteiger partial charge is 0.164 e. The van der Waals surface area contributed by atoms with Gasteiger partial charge in [0.2, 0.25) is 0 Å². The van der Waals surface area contributed by atoms with Crippen molar-refractivity contribution in [2.45, 2.75) is 39.0 Å². The number of carbonyl (C=O) groups is 1. The summed E-state index contributed by atoms with van der Waals surface area (Å²) in [6.07, 6.45) is 6.10. The maximum atomic E-state index is 11.0. The number of carbonyl (C=O) groups excluding carboxylic acids is 1. The molecule has 1 N–H and O–H groups in total. The average molecular weight is 236 g/mol. The number of phenols is 1. The number of methoxy groups -OCH3 is 1. The molecule has 3 nitrogen and oxygen atoms in total. The van der Waals surface area contributed by atoms with Crippen LogP contribution in [-0.4, -0.2) is 18.5 Å². The molecular formula is C14H20O3. The van der Waals surface area contributed by atoms with Crippen LogP contribution in [0.4, 0.5) is 0 Å². The fourth-order valence-corrected chi connectivity index (χ4v) is 1.96. The van der Waals surface area contributed by atoms with Gasteiger partial charge >= 0.3 is 0 Å². The van der Waals surface area contributed by atoms with Gasteiger partial charge in [0.25, 0.3) is 0 Å². The lowest BCUT2D eigenvalue weighted by molar-refractivity contribution is 0.112. The Morgan fingerprint density at radius 1 is 1.29 bits per heavy atom. The number of ether oxygens (including phenoxy) is 1. The first-order chi connectivity index (χ1) is 8.24. The molecule has 0 aromatic heterocycles. The van der Waals surface area contributed by atoms with Crippen LogP contribution in [-0.2, 0) is 6.42 Å². The largest absolute Gasteiger partial charge is 0.504 e. The summed E-state index contributed by atoms with van der Waals surface area (Å²) in [7, 11) is 1.51. The van der Waals surface area contributed by atoms with Crippen molar-refractivity contribution in [3.8, 4) is 11.5 Å². The van der Waals surface area contributed by atoms with Gasteiger partial charge in [-0.1, -0.05) is 26.2 Å². The van der Waals surface area contributed by atoms with Gasteiger partial charge in [0.15, 0.2) is 11.5 Å². The predicted octanol–water partition coefficient (Wildman–Crippen LogP) is 3.34. The number of aromatic hydroxyl groups is 1. The van der Waals surface area contributed by atoms with Crippen LogP contribution in [0.2, 0.25) is 0 Å². The molecule has 0 heterocycles. The fraction of sp³-hybridized carbons (Fsp3) is 0.500. The van der Waals surface area contributed by atoms with Gasteiger partial charge in [0, 0.05) is 11.1 Å². The summed E-state index contributed by atoms with van der Waals surface area (Å²) in [4.78, 5) is 11.0. The Balaban J connectivity index is 2.85. The average Bonchev–Trinajstić information content (AvgIpc) is 2.35. The van der Waals surface area contributed by atoms with Gasteiger partial charge < -0.3 is 9.84 Å². The van der Waals surface area contributed by atoms with Crippen molar-refractivity contribution in [1.29, 1.82) is 0 Å². The Labute approximate surface area is 102 Å². The van der Waals surface area contributed by atoms with Crippen molar-refractivity contribution in [2.24, 2.45) is 0 Å². The molecule has 0 saturated heterocycles. The van der Waals surface area contributed by atoms with Crippen LogP contribution in [0, 0.1) is 0 Å². The molecule has 0 fully saturated rings. The monoisotopic (exact) mass is 236 g/mol. The lowest BCUT2D eigenvalue weighted by Crippen LogP contribution is -1.98. The van der Waals surface area contributed by atoms with Crippen molar-refractivity contribution in [3.63, 3.8) is 0 Å². The van der Waals surface area contributed by atoms with E-state index < -0.39 is 0 Å². The maximum Gasteiger partial charge on any atom is 0.164 e. The molecule has 0 atom stereocenters. The van der Waals surface area contributed by atoms with Crippen molar-refractivity contribution >= 4 is 6.29 Å². The zero-order chi connectivity index (χ0) is 12.7. The molecule has 0 aliphatic heterocycles. The quantitative estimate of drug-likeness (QED) is 0.583. The van der Waals surface area contributed by atoms with E-state index >= 15 is 0 Å². The Morgan fingerprint density at radius 2 is 2.06 bits per heavy atom. The summed E-state index contributed by atoms with van der Waals surface area (Å²) in [5.41, 5.74) is 1.43. The van der Waals surface area contributed by atoms with Gasteiger partial charge in [-0.3, -0.25) is 4.79 Å². The fourth-order valence-electron chi connectivity index (χ4n) is 1.96. The zero-order valence-electron chi connectivity index (χ0n) is 10.5. The van der Waals surface area contributed by atoms with Gasteiger partial charge in [0.05, 0.1) is 7.11 Å². The summed E-state index contributed by atoms with van der Waals surface area (Å²) in [5, 5.41) is 9.67. The van der Waals surface area contributed by atoms with Crippen LogP contribution in [0.15, 0.2) is 12.1 Å². The van der Waals surface area contributed by atoms with Crippen LogP contribution in [0.25, 0.3) is 0 Å². The minimum atomic E-state index is 0.101. The molecule has 3 heteroatoms. The Hall–Kier alpha value is -1.51. The van der Waals surface area contributed by atoms with E-state index in [0.717, 1.165) is 31.1 Å².